The van der Waals surface area contributed by atoms with Gasteiger partial charge < -0.3 is 9.47 Å². The summed E-state index contributed by atoms with van der Waals surface area (Å²) in [7, 11) is 1.78. The third kappa shape index (κ3) is 4.34. The first-order valence-electron chi connectivity index (χ1n) is 7.00. The van der Waals surface area contributed by atoms with Gasteiger partial charge in [0.05, 0.1) is 25.0 Å². The molecule has 0 bridgehead atoms. The summed E-state index contributed by atoms with van der Waals surface area (Å²) in [5.41, 5.74) is -0.597. The molecule has 6 nitrogen and oxygen atoms in total. The first-order valence-corrected chi connectivity index (χ1v) is 7.00. The van der Waals surface area contributed by atoms with E-state index in [2.05, 4.69) is 5.10 Å². The molecule has 118 valence electrons. The number of hydrogen-bond donors (Lipinski definition) is 0. The molecule has 0 radical (unpaired) electrons. The van der Waals surface area contributed by atoms with Crippen molar-refractivity contribution in [3.8, 4) is 5.75 Å². The number of ether oxygens (including phenoxy) is 2. The summed E-state index contributed by atoms with van der Waals surface area (Å²) in [6.45, 7) is 5.64. The Morgan fingerprint density at radius 3 is 2.81 bits per heavy atom. The molecule has 7 heteroatoms. The number of aromatic nitrogens is 2. The van der Waals surface area contributed by atoms with Crippen LogP contribution in [0.2, 0.25) is 0 Å². The van der Waals surface area contributed by atoms with Crippen molar-refractivity contribution < 1.29 is 18.7 Å². The monoisotopic (exact) mass is 299 g/mol. The molecular formula is C14H22FN3O3. The molecule has 1 aliphatic rings. The van der Waals surface area contributed by atoms with Crippen LogP contribution in [0.1, 0.15) is 27.2 Å². The molecule has 1 aromatic heterocycles. The van der Waals surface area contributed by atoms with Gasteiger partial charge in [-0.25, -0.2) is 9.18 Å². The van der Waals surface area contributed by atoms with Crippen molar-refractivity contribution in [2.24, 2.45) is 7.05 Å². The van der Waals surface area contributed by atoms with Crippen molar-refractivity contribution in [3.05, 3.63) is 12.4 Å². The van der Waals surface area contributed by atoms with Gasteiger partial charge in [0.1, 0.15) is 18.4 Å². The molecule has 0 aromatic carbocycles. The minimum absolute atomic E-state index is 0.0516. The zero-order valence-electron chi connectivity index (χ0n) is 12.9. The Balaban J connectivity index is 1.94. The lowest BCUT2D eigenvalue weighted by molar-refractivity contribution is 0.0181. The van der Waals surface area contributed by atoms with Crippen LogP contribution in [0.5, 0.6) is 5.75 Å². The smallest absolute Gasteiger partial charge is 0.410 e. The lowest BCUT2D eigenvalue weighted by atomic mass is 10.2. The van der Waals surface area contributed by atoms with Gasteiger partial charge in [0, 0.05) is 13.5 Å². The Morgan fingerprint density at radius 1 is 1.52 bits per heavy atom. The van der Waals surface area contributed by atoms with E-state index in [1.54, 1.807) is 44.9 Å². The molecule has 2 rings (SSSR count). The summed E-state index contributed by atoms with van der Waals surface area (Å²) in [4.78, 5) is 13.5. The fraction of sp³-hybridized carbons (Fsp3) is 0.714. The highest BCUT2D eigenvalue weighted by Crippen LogP contribution is 2.24. The molecule has 0 spiro atoms. The van der Waals surface area contributed by atoms with E-state index in [9.17, 15) is 9.18 Å². The van der Waals surface area contributed by atoms with Crippen LogP contribution in [-0.2, 0) is 11.8 Å². The molecule has 21 heavy (non-hydrogen) atoms. The second-order valence-electron chi connectivity index (χ2n) is 6.28. The molecule has 0 unspecified atom stereocenters. The van der Waals surface area contributed by atoms with Gasteiger partial charge in [0.15, 0.2) is 5.75 Å². The normalized spacial score (nSPS) is 22.4. The lowest BCUT2D eigenvalue weighted by Gasteiger charge is -2.28. The van der Waals surface area contributed by atoms with Crippen LogP contribution >= 0.6 is 0 Å². The second kappa shape index (κ2) is 5.91. The molecule has 0 aliphatic carbocycles. The topological polar surface area (TPSA) is 56.6 Å². The van der Waals surface area contributed by atoms with Gasteiger partial charge in [-0.05, 0) is 20.8 Å². The number of carbonyl (C=O) groups excluding carboxylic acids is 1. The molecule has 1 amide bonds. The van der Waals surface area contributed by atoms with Crippen molar-refractivity contribution in [3.63, 3.8) is 0 Å². The van der Waals surface area contributed by atoms with Crippen molar-refractivity contribution in [1.29, 1.82) is 0 Å². The van der Waals surface area contributed by atoms with Crippen LogP contribution in [0.3, 0.4) is 0 Å². The van der Waals surface area contributed by atoms with Crippen molar-refractivity contribution in [1.82, 2.24) is 14.7 Å². The molecule has 0 saturated carbocycles. The predicted molar refractivity (Wildman–Crippen MR) is 74.9 cm³/mol. The van der Waals surface area contributed by atoms with E-state index in [1.807, 2.05) is 0 Å². The highest BCUT2D eigenvalue weighted by molar-refractivity contribution is 5.69. The maximum absolute atomic E-state index is 13.6. The van der Waals surface area contributed by atoms with Crippen LogP contribution < -0.4 is 4.74 Å². The predicted octanol–water partition coefficient (Wildman–Crippen LogP) is 2.15. The zero-order valence-corrected chi connectivity index (χ0v) is 12.9. The van der Waals surface area contributed by atoms with Gasteiger partial charge in [-0.3, -0.25) is 9.58 Å². The van der Waals surface area contributed by atoms with Crippen LogP contribution in [-0.4, -0.2) is 51.7 Å². The molecule has 2 heterocycles. The fourth-order valence-corrected chi connectivity index (χ4v) is 2.23. The van der Waals surface area contributed by atoms with E-state index in [0.29, 0.717) is 5.75 Å². The van der Waals surface area contributed by atoms with Crippen LogP contribution in [0, 0.1) is 0 Å². The summed E-state index contributed by atoms with van der Waals surface area (Å²) in [5, 5.41) is 3.99. The number of likely N-dealkylation sites (tertiary alicyclic amines) is 1. The highest BCUT2D eigenvalue weighted by Gasteiger charge is 2.38. The van der Waals surface area contributed by atoms with Gasteiger partial charge in [-0.1, -0.05) is 0 Å². The van der Waals surface area contributed by atoms with E-state index in [4.69, 9.17) is 9.47 Å². The lowest BCUT2D eigenvalue weighted by Crippen LogP contribution is -2.42. The van der Waals surface area contributed by atoms with E-state index < -0.39 is 17.9 Å². The molecule has 1 saturated heterocycles. The molecule has 1 fully saturated rings. The molecule has 1 aliphatic heterocycles. The summed E-state index contributed by atoms with van der Waals surface area (Å²) in [6.07, 6.45) is 2.03. The van der Waals surface area contributed by atoms with Crippen molar-refractivity contribution in [2.75, 3.05) is 13.2 Å². The van der Waals surface area contributed by atoms with Crippen LogP contribution in [0.25, 0.3) is 0 Å². The minimum atomic E-state index is -1.04. The minimum Gasteiger partial charge on any atom is -0.488 e. The Hall–Kier alpha value is -1.79. The summed E-state index contributed by atoms with van der Waals surface area (Å²) < 4.78 is 26.1. The number of halogens is 1. The fourth-order valence-electron chi connectivity index (χ4n) is 2.23. The molecular weight excluding hydrogens is 277 g/mol. The third-order valence-electron chi connectivity index (χ3n) is 3.11. The van der Waals surface area contributed by atoms with Crippen LogP contribution in [0.4, 0.5) is 9.18 Å². The average Bonchev–Trinajstić information content (AvgIpc) is 2.90. The Labute approximate surface area is 123 Å². The number of nitrogens with zero attached hydrogens (tertiary/aromatic N) is 3. The third-order valence-corrected chi connectivity index (χ3v) is 3.11. The maximum atomic E-state index is 13.6. The first kappa shape index (κ1) is 15.6. The summed E-state index contributed by atoms with van der Waals surface area (Å²) >= 11 is 0. The maximum Gasteiger partial charge on any atom is 0.410 e. The zero-order chi connectivity index (χ0) is 15.6. The van der Waals surface area contributed by atoms with E-state index in [1.165, 1.54) is 4.90 Å². The average molecular weight is 299 g/mol. The largest absolute Gasteiger partial charge is 0.488 e. The van der Waals surface area contributed by atoms with Gasteiger partial charge in [0.25, 0.3) is 0 Å². The van der Waals surface area contributed by atoms with Gasteiger partial charge >= 0.3 is 6.09 Å². The molecule has 0 N–H and O–H groups in total. The number of amides is 1. The Kier molecular flexibility index (Phi) is 4.39. The second-order valence-corrected chi connectivity index (χ2v) is 6.28. The molecule has 2 atom stereocenters. The van der Waals surface area contributed by atoms with Crippen molar-refractivity contribution in [2.45, 2.75) is 45.0 Å². The molecule has 1 aromatic rings. The first-order chi connectivity index (χ1) is 9.74. The quantitative estimate of drug-likeness (QED) is 0.858. The van der Waals surface area contributed by atoms with Crippen LogP contribution in [0.15, 0.2) is 12.4 Å². The number of hydrogen-bond acceptors (Lipinski definition) is 4. The standard InChI is InChI=1S/C14H22FN3O3/c1-14(2,3)21-13(19)18-7-10(15)5-11(18)9-20-12-6-16-17(4)8-12/h6,8,10-11H,5,7,9H2,1-4H3/t10-,11-/m1/s1. The van der Waals surface area contributed by atoms with E-state index in [-0.39, 0.29) is 25.6 Å². The highest BCUT2D eigenvalue weighted by atomic mass is 19.1. The Bertz CT molecular complexity index is 498. The van der Waals surface area contributed by atoms with Gasteiger partial charge in [0.2, 0.25) is 0 Å². The van der Waals surface area contributed by atoms with Gasteiger partial charge in [-0.2, -0.15) is 5.10 Å². The van der Waals surface area contributed by atoms with Gasteiger partial charge in [-0.15, -0.1) is 0 Å². The summed E-state index contributed by atoms with van der Waals surface area (Å²) in [5.74, 6) is 0.601. The summed E-state index contributed by atoms with van der Waals surface area (Å²) in [6, 6.07) is -0.324. The van der Waals surface area contributed by atoms with E-state index in [0.717, 1.165) is 0 Å². The number of carbonyl (C=O) groups is 1. The SMILES string of the molecule is Cn1cc(OC[C@H]2C[C@@H](F)CN2C(=O)OC(C)(C)C)cn1. The van der Waals surface area contributed by atoms with E-state index >= 15 is 0 Å². The van der Waals surface area contributed by atoms with Crippen molar-refractivity contribution >= 4 is 6.09 Å². The number of alkyl halides is 1. The number of aryl methyl sites for hydroxylation is 1. The number of rotatable bonds is 3. The Morgan fingerprint density at radius 2 is 2.24 bits per heavy atom.